The molecule has 3 aromatic rings. The van der Waals surface area contributed by atoms with Crippen molar-refractivity contribution in [2.75, 3.05) is 26.2 Å². The van der Waals surface area contributed by atoms with E-state index in [1.54, 1.807) is 25.3 Å². The summed E-state index contributed by atoms with van der Waals surface area (Å²) in [4.78, 5) is 31.5. The molecule has 0 fully saturated rings. The number of benzene rings is 3. The molecule has 3 aromatic carbocycles. The number of imide groups is 1. The predicted molar refractivity (Wildman–Crippen MR) is 118 cm³/mol. The van der Waals surface area contributed by atoms with Crippen molar-refractivity contribution < 1.29 is 19.1 Å². The van der Waals surface area contributed by atoms with E-state index < -0.39 is 0 Å². The van der Waals surface area contributed by atoms with Crippen LogP contribution in [0.15, 0.2) is 58.3 Å². The highest BCUT2D eigenvalue weighted by atomic mass is 32.2. The molecule has 0 unspecified atom stereocenters. The molecule has 0 atom stereocenters. The minimum absolute atomic E-state index is 0.248. The summed E-state index contributed by atoms with van der Waals surface area (Å²) in [5.74, 6) is 0.383. The molecule has 31 heavy (non-hydrogen) atoms. The summed E-state index contributed by atoms with van der Waals surface area (Å²) in [6.45, 7) is 0.248. The SMILES string of the molecule is COc1[c]c2c(cc1)N(C)c1ccc(OC)c(C(=O)N3Cc4ccccc4C3=O)c1S2. The molecular weight excluding hydrogens is 412 g/mol. The number of hydrogen-bond donors (Lipinski definition) is 0. The van der Waals surface area contributed by atoms with Crippen LogP contribution in [0, 0.1) is 6.07 Å². The Morgan fingerprint density at radius 2 is 1.81 bits per heavy atom. The van der Waals surface area contributed by atoms with Crippen LogP contribution in [0.2, 0.25) is 0 Å². The molecule has 2 heterocycles. The standard InChI is InChI=1S/C24H19N2O4S/c1-25-17-9-8-15(29-2)12-20(17)31-22-18(25)10-11-19(30-3)21(22)24(28)26-13-14-6-4-5-7-16(14)23(26)27/h4-11H,13H2,1-3H3. The highest BCUT2D eigenvalue weighted by Gasteiger charge is 2.37. The van der Waals surface area contributed by atoms with Crippen LogP contribution in [0.4, 0.5) is 11.4 Å². The molecule has 0 N–H and O–H groups in total. The lowest BCUT2D eigenvalue weighted by atomic mass is 10.1. The molecule has 0 spiro atoms. The van der Waals surface area contributed by atoms with E-state index in [4.69, 9.17) is 9.47 Å². The zero-order valence-electron chi connectivity index (χ0n) is 17.3. The summed E-state index contributed by atoms with van der Waals surface area (Å²) in [5.41, 5.74) is 3.61. The highest BCUT2D eigenvalue weighted by Crippen LogP contribution is 2.51. The molecule has 5 rings (SSSR count). The molecule has 2 aliphatic rings. The van der Waals surface area contributed by atoms with Gasteiger partial charge in [0.2, 0.25) is 0 Å². The maximum absolute atomic E-state index is 13.7. The molecule has 0 saturated carbocycles. The third kappa shape index (κ3) is 2.96. The van der Waals surface area contributed by atoms with Crippen molar-refractivity contribution in [2.24, 2.45) is 0 Å². The monoisotopic (exact) mass is 431 g/mol. The lowest BCUT2D eigenvalue weighted by Crippen LogP contribution is -2.32. The van der Waals surface area contributed by atoms with E-state index in [2.05, 4.69) is 6.07 Å². The number of rotatable bonds is 3. The fraction of sp³-hybridized carbons (Fsp3) is 0.167. The Labute approximate surface area is 184 Å². The van der Waals surface area contributed by atoms with Crippen LogP contribution in [0.5, 0.6) is 11.5 Å². The first kappa shape index (κ1) is 19.5. The van der Waals surface area contributed by atoms with Crippen LogP contribution < -0.4 is 14.4 Å². The van der Waals surface area contributed by atoms with Gasteiger partial charge in [0.15, 0.2) is 0 Å². The lowest BCUT2D eigenvalue weighted by Gasteiger charge is -2.31. The molecule has 6 nitrogen and oxygen atoms in total. The van der Waals surface area contributed by atoms with Crippen LogP contribution in [0.3, 0.4) is 0 Å². The van der Waals surface area contributed by atoms with Gasteiger partial charge in [-0.2, -0.15) is 0 Å². The van der Waals surface area contributed by atoms with Crippen LogP contribution in [-0.2, 0) is 6.54 Å². The summed E-state index contributed by atoms with van der Waals surface area (Å²) in [6, 6.07) is 18.1. The summed E-state index contributed by atoms with van der Waals surface area (Å²) in [6.07, 6.45) is 0. The number of anilines is 2. The van der Waals surface area contributed by atoms with E-state index in [9.17, 15) is 9.59 Å². The van der Waals surface area contributed by atoms with Crippen molar-refractivity contribution >= 4 is 35.0 Å². The number of nitrogens with zero attached hydrogens (tertiary/aromatic N) is 2. The minimum Gasteiger partial charge on any atom is -0.496 e. The Bertz CT molecular complexity index is 1240. The molecule has 0 saturated heterocycles. The van der Waals surface area contributed by atoms with E-state index in [0.29, 0.717) is 22.6 Å². The van der Waals surface area contributed by atoms with Gasteiger partial charge in [0.05, 0.1) is 42.6 Å². The van der Waals surface area contributed by atoms with Crippen molar-refractivity contribution in [1.29, 1.82) is 0 Å². The normalized spacial score (nSPS) is 14.1. The Balaban J connectivity index is 1.62. The summed E-state index contributed by atoms with van der Waals surface area (Å²) in [5, 5.41) is 0. The first-order valence-corrected chi connectivity index (χ1v) is 10.5. The average Bonchev–Trinajstić information content (AvgIpc) is 3.14. The Hall–Kier alpha value is -3.45. The summed E-state index contributed by atoms with van der Waals surface area (Å²) in [7, 11) is 5.06. The first-order valence-electron chi connectivity index (χ1n) is 9.70. The minimum atomic E-state index is -0.373. The predicted octanol–water partition coefficient (Wildman–Crippen LogP) is 4.53. The summed E-state index contributed by atoms with van der Waals surface area (Å²) >= 11 is 1.43. The number of methoxy groups -OCH3 is 2. The largest absolute Gasteiger partial charge is 0.496 e. The molecule has 2 amide bonds. The fourth-order valence-electron chi connectivity index (χ4n) is 3.99. The lowest BCUT2D eigenvalue weighted by molar-refractivity contribution is 0.0627. The van der Waals surface area contributed by atoms with E-state index >= 15 is 0 Å². The zero-order chi connectivity index (χ0) is 21.7. The molecule has 0 aliphatic carbocycles. The van der Waals surface area contributed by atoms with Gasteiger partial charge in [0.25, 0.3) is 11.8 Å². The molecule has 2 aliphatic heterocycles. The van der Waals surface area contributed by atoms with E-state index in [1.165, 1.54) is 23.8 Å². The molecule has 155 valence electrons. The van der Waals surface area contributed by atoms with Gasteiger partial charge >= 0.3 is 0 Å². The molecule has 7 heteroatoms. The number of amides is 2. The smallest absolute Gasteiger partial charge is 0.266 e. The Morgan fingerprint density at radius 3 is 2.55 bits per heavy atom. The third-order valence-electron chi connectivity index (χ3n) is 5.61. The number of carbonyl (C=O) groups excluding carboxylic acids is 2. The van der Waals surface area contributed by atoms with Crippen molar-refractivity contribution in [1.82, 2.24) is 4.90 Å². The number of fused-ring (bicyclic) bond motifs is 3. The van der Waals surface area contributed by atoms with Gasteiger partial charge in [-0.15, -0.1) is 0 Å². The van der Waals surface area contributed by atoms with Gasteiger partial charge in [0, 0.05) is 23.6 Å². The van der Waals surface area contributed by atoms with Crippen molar-refractivity contribution in [3.63, 3.8) is 0 Å². The topological polar surface area (TPSA) is 59.1 Å². The number of hydrogen-bond acceptors (Lipinski definition) is 6. The van der Waals surface area contributed by atoms with Gasteiger partial charge < -0.3 is 14.4 Å². The fourth-order valence-corrected chi connectivity index (χ4v) is 5.25. The Kier molecular flexibility index (Phi) is 4.63. The van der Waals surface area contributed by atoms with Gasteiger partial charge in [-0.3, -0.25) is 14.5 Å². The third-order valence-corrected chi connectivity index (χ3v) is 6.74. The number of ether oxygens (including phenoxy) is 2. The van der Waals surface area contributed by atoms with Gasteiger partial charge in [0.1, 0.15) is 11.5 Å². The molecule has 1 radical (unpaired) electrons. The second-order valence-corrected chi connectivity index (χ2v) is 8.27. The quantitative estimate of drug-likeness (QED) is 0.568. The van der Waals surface area contributed by atoms with Crippen molar-refractivity contribution in [2.45, 2.75) is 16.3 Å². The van der Waals surface area contributed by atoms with E-state index in [0.717, 1.165) is 26.7 Å². The molecular formula is C24H19N2O4S. The van der Waals surface area contributed by atoms with Crippen LogP contribution in [-0.4, -0.2) is 38.0 Å². The second-order valence-electron chi connectivity index (χ2n) is 7.25. The second kappa shape index (κ2) is 7.35. The van der Waals surface area contributed by atoms with Crippen molar-refractivity contribution in [3.8, 4) is 11.5 Å². The van der Waals surface area contributed by atoms with Crippen LogP contribution in [0.1, 0.15) is 26.3 Å². The summed E-state index contributed by atoms with van der Waals surface area (Å²) < 4.78 is 10.9. The van der Waals surface area contributed by atoms with Gasteiger partial charge in [-0.25, -0.2) is 0 Å². The van der Waals surface area contributed by atoms with Crippen LogP contribution >= 0.6 is 11.8 Å². The molecule has 0 bridgehead atoms. The first-order chi connectivity index (χ1) is 15.0. The zero-order valence-corrected chi connectivity index (χ0v) is 18.1. The van der Waals surface area contributed by atoms with E-state index in [1.807, 2.05) is 42.3 Å². The average molecular weight is 431 g/mol. The highest BCUT2D eigenvalue weighted by molar-refractivity contribution is 7.99. The molecule has 0 aromatic heterocycles. The van der Waals surface area contributed by atoms with Crippen molar-refractivity contribution in [3.05, 3.63) is 71.3 Å². The van der Waals surface area contributed by atoms with Crippen LogP contribution in [0.25, 0.3) is 0 Å². The van der Waals surface area contributed by atoms with Gasteiger partial charge in [-0.05, 0) is 35.9 Å². The maximum atomic E-state index is 13.7. The maximum Gasteiger partial charge on any atom is 0.266 e. The van der Waals surface area contributed by atoms with Gasteiger partial charge in [-0.1, -0.05) is 30.0 Å². The Morgan fingerprint density at radius 1 is 1.03 bits per heavy atom. The van der Waals surface area contributed by atoms with E-state index in [-0.39, 0.29) is 18.4 Å². The number of carbonyl (C=O) groups is 2.